The molecule has 0 atom stereocenters. The van der Waals surface area contributed by atoms with Crippen LogP contribution in [0.2, 0.25) is 0 Å². The molecule has 0 radical (unpaired) electrons. The number of hydrogen-bond donors (Lipinski definition) is 0. The van der Waals surface area contributed by atoms with E-state index >= 15 is 0 Å². The van der Waals surface area contributed by atoms with Crippen LogP contribution in [0.15, 0.2) is 15.0 Å². The number of rotatable bonds is 1. The molecule has 0 spiro atoms. The van der Waals surface area contributed by atoms with Gasteiger partial charge in [-0.05, 0) is 15.9 Å². The van der Waals surface area contributed by atoms with Crippen molar-refractivity contribution in [3.05, 3.63) is 32.4 Å². The van der Waals surface area contributed by atoms with E-state index in [1.807, 2.05) is 0 Å². The molecule has 0 bridgehead atoms. The van der Waals surface area contributed by atoms with E-state index in [1.54, 1.807) is 6.92 Å². The zero-order chi connectivity index (χ0) is 11.2. The fraction of sp³-hybridized carbons (Fsp3) is 0.125. The molecule has 5 nitrogen and oxygen atoms in total. The summed E-state index contributed by atoms with van der Waals surface area (Å²) >= 11 is 2.91. The molecule has 2 rings (SSSR count). The van der Waals surface area contributed by atoms with E-state index in [4.69, 9.17) is 4.42 Å². The lowest BCUT2D eigenvalue weighted by molar-refractivity contribution is -0.387. The summed E-state index contributed by atoms with van der Waals surface area (Å²) in [5.41, 5.74) is -0.200. The number of aryl methyl sites for hydroxylation is 1. The van der Waals surface area contributed by atoms with Crippen LogP contribution >= 0.6 is 15.9 Å². The first-order chi connectivity index (χ1) is 7.00. The molecular formula is C8H4BrFN2O3. The highest BCUT2D eigenvalue weighted by molar-refractivity contribution is 9.10. The van der Waals surface area contributed by atoms with Gasteiger partial charge in [0, 0.05) is 6.92 Å². The molecule has 0 aliphatic heterocycles. The van der Waals surface area contributed by atoms with Gasteiger partial charge in [0.05, 0.1) is 15.5 Å². The Labute approximate surface area is 91.2 Å². The van der Waals surface area contributed by atoms with E-state index in [0.29, 0.717) is 5.89 Å². The van der Waals surface area contributed by atoms with Gasteiger partial charge >= 0.3 is 5.69 Å². The van der Waals surface area contributed by atoms with E-state index in [-0.39, 0.29) is 15.6 Å². The highest BCUT2D eigenvalue weighted by atomic mass is 79.9. The SMILES string of the molecule is Cc1nc2c(Br)c(F)c([N+](=O)[O-])cc2o1. The molecule has 0 amide bonds. The predicted molar refractivity (Wildman–Crippen MR) is 53.1 cm³/mol. The number of halogens is 2. The van der Waals surface area contributed by atoms with Gasteiger partial charge < -0.3 is 4.42 Å². The van der Waals surface area contributed by atoms with Crippen molar-refractivity contribution in [2.75, 3.05) is 0 Å². The van der Waals surface area contributed by atoms with Crippen LogP contribution in [0, 0.1) is 22.9 Å². The van der Waals surface area contributed by atoms with Crippen molar-refractivity contribution < 1.29 is 13.7 Å². The number of fused-ring (bicyclic) bond motifs is 1. The molecule has 78 valence electrons. The summed E-state index contributed by atoms with van der Waals surface area (Å²) in [6, 6.07) is 1.02. The Balaban J connectivity index is 2.87. The molecule has 15 heavy (non-hydrogen) atoms. The molecular weight excluding hydrogens is 271 g/mol. The number of benzene rings is 1. The second kappa shape index (κ2) is 3.27. The topological polar surface area (TPSA) is 69.2 Å². The zero-order valence-electron chi connectivity index (χ0n) is 7.45. The summed E-state index contributed by atoms with van der Waals surface area (Å²) in [7, 11) is 0. The largest absolute Gasteiger partial charge is 0.441 e. The van der Waals surface area contributed by atoms with Crippen LogP contribution in [0.25, 0.3) is 11.1 Å². The second-order valence-electron chi connectivity index (χ2n) is 2.86. The van der Waals surface area contributed by atoms with E-state index in [9.17, 15) is 14.5 Å². The first-order valence-electron chi connectivity index (χ1n) is 3.90. The molecule has 0 fully saturated rings. The number of nitro groups is 1. The van der Waals surface area contributed by atoms with Crippen LogP contribution in [0.5, 0.6) is 0 Å². The minimum Gasteiger partial charge on any atom is -0.441 e. The van der Waals surface area contributed by atoms with Crippen molar-refractivity contribution in [1.29, 1.82) is 0 Å². The van der Waals surface area contributed by atoms with Crippen LogP contribution in [0.3, 0.4) is 0 Å². The lowest BCUT2D eigenvalue weighted by Crippen LogP contribution is -1.93. The molecule has 0 saturated heterocycles. The maximum absolute atomic E-state index is 13.4. The minimum atomic E-state index is -0.944. The molecule has 7 heteroatoms. The zero-order valence-corrected chi connectivity index (χ0v) is 9.04. The molecule has 1 heterocycles. The van der Waals surface area contributed by atoms with Gasteiger partial charge in [-0.15, -0.1) is 0 Å². The third kappa shape index (κ3) is 1.48. The molecule has 0 aliphatic carbocycles. The summed E-state index contributed by atoms with van der Waals surface area (Å²) in [4.78, 5) is 13.6. The van der Waals surface area contributed by atoms with Crippen LogP contribution in [0.4, 0.5) is 10.1 Å². The highest BCUT2D eigenvalue weighted by Crippen LogP contribution is 2.33. The number of nitrogens with zero attached hydrogens (tertiary/aromatic N) is 2. The number of oxazole rings is 1. The summed E-state index contributed by atoms with van der Waals surface area (Å²) in [5.74, 6) is -0.619. The Hall–Kier alpha value is -1.50. The normalized spacial score (nSPS) is 10.9. The molecule has 2 aromatic rings. The summed E-state index contributed by atoms with van der Waals surface area (Å²) in [5, 5.41) is 10.5. The number of aromatic nitrogens is 1. The van der Waals surface area contributed by atoms with E-state index < -0.39 is 16.4 Å². The van der Waals surface area contributed by atoms with Crippen molar-refractivity contribution in [1.82, 2.24) is 4.98 Å². The van der Waals surface area contributed by atoms with Gasteiger partial charge in [-0.3, -0.25) is 10.1 Å². The average molecular weight is 275 g/mol. The van der Waals surface area contributed by atoms with Crippen LogP contribution in [0.1, 0.15) is 5.89 Å². The maximum Gasteiger partial charge on any atom is 0.309 e. The van der Waals surface area contributed by atoms with Crippen molar-refractivity contribution in [2.24, 2.45) is 0 Å². The van der Waals surface area contributed by atoms with E-state index in [1.165, 1.54) is 0 Å². The van der Waals surface area contributed by atoms with Gasteiger partial charge in [-0.25, -0.2) is 4.98 Å². The Morgan fingerprint density at radius 1 is 1.67 bits per heavy atom. The smallest absolute Gasteiger partial charge is 0.309 e. The Bertz CT molecular complexity index is 567. The fourth-order valence-corrected chi connectivity index (χ4v) is 1.72. The first-order valence-corrected chi connectivity index (χ1v) is 4.69. The Morgan fingerprint density at radius 2 is 2.33 bits per heavy atom. The monoisotopic (exact) mass is 274 g/mol. The summed E-state index contributed by atoms with van der Waals surface area (Å²) in [6.07, 6.45) is 0. The molecule has 0 unspecified atom stereocenters. The van der Waals surface area contributed by atoms with Crippen LogP contribution < -0.4 is 0 Å². The Morgan fingerprint density at radius 3 is 2.93 bits per heavy atom. The lowest BCUT2D eigenvalue weighted by Gasteiger charge is -1.96. The van der Waals surface area contributed by atoms with Crippen molar-refractivity contribution in [2.45, 2.75) is 6.92 Å². The van der Waals surface area contributed by atoms with Gasteiger partial charge in [0.25, 0.3) is 0 Å². The lowest BCUT2D eigenvalue weighted by atomic mass is 10.3. The molecule has 0 N–H and O–H groups in total. The quantitative estimate of drug-likeness (QED) is 0.592. The van der Waals surface area contributed by atoms with Crippen molar-refractivity contribution >= 4 is 32.7 Å². The first kappa shape index (κ1) is 10.0. The van der Waals surface area contributed by atoms with E-state index in [2.05, 4.69) is 20.9 Å². The van der Waals surface area contributed by atoms with Gasteiger partial charge in [0.2, 0.25) is 5.82 Å². The third-order valence-corrected chi connectivity index (χ3v) is 2.57. The summed E-state index contributed by atoms with van der Waals surface area (Å²) in [6.45, 7) is 1.58. The average Bonchev–Trinajstić information content (AvgIpc) is 2.52. The van der Waals surface area contributed by atoms with Crippen LogP contribution in [-0.2, 0) is 0 Å². The standard InChI is InChI=1S/C8H4BrFN2O3/c1-3-11-8-5(15-3)2-4(12(13)14)7(10)6(8)9/h2H,1H3. The van der Waals surface area contributed by atoms with Crippen LogP contribution in [-0.4, -0.2) is 9.91 Å². The van der Waals surface area contributed by atoms with Gasteiger partial charge in [-0.1, -0.05) is 0 Å². The third-order valence-electron chi connectivity index (χ3n) is 1.85. The Kier molecular flexibility index (Phi) is 2.18. The molecule has 1 aromatic carbocycles. The fourth-order valence-electron chi connectivity index (χ4n) is 1.23. The predicted octanol–water partition coefficient (Wildman–Crippen LogP) is 2.95. The summed E-state index contributed by atoms with van der Waals surface area (Å²) < 4.78 is 18.5. The van der Waals surface area contributed by atoms with Gasteiger partial charge in [0.15, 0.2) is 11.5 Å². The van der Waals surface area contributed by atoms with E-state index in [0.717, 1.165) is 6.07 Å². The minimum absolute atomic E-state index is 0.0523. The molecule has 1 aromatic heterocycles. The highest BCUT2D eigenvalue weighted by Gasteiger charge is 2.22. The van der Waals surface area contributed by atoms with Gasteiger partial charge in [0.1, 0.15) is 5.52 Å². The van der Waals surface area contributed by atoms with Crippen molar-refractivity contribution in [3.63, 3.8) is 0 Å². The molecule has 0 saturated carbocycles. The van der Waals surface area contributed by atoms with Gasteiger partial charge in [-0.2, -0.15) is 4.39 Å². The van der Waals surface area contributed by atoms with Crippen molar-refractivity contribution in [3.8, 4) is 0 Å². The maximum atomic E-state index is 13.4. The second-order valence-corrected chi connectivity index (χ2v) is 3.65. The number of hydrogen-bond acceptors (Lipinski definition) is 4. The molecule has 0 aliphatic rings. The number of nitro benzene ring substituents is 1.